The number of anilines is 2. The lowest BCUT2D eigenvalue weighted by atomic mass is 10.1. The molecule has 8 heteroatoms. The molecule has 1 heterocycles. The second-order valence-electron chi connectivity index (χ2n) is 8.42. The van der Waals surface area contributed by atoms with Crippen LogP contribution in [0.2, 0.25) is 0 Å². The third kappa shape index (κ3) is 5.46. The van der Waals surface area contributed by atoms with Gasteiger partial charge in [-0.2, -0.15) is 4.31 Å². The minimum Gasteiger partial charge on any atom is -0.379 e. The molecule has 0 aromatic heterocycles. The van der Waals surface area contributed by atoms with E-state index in [1.807, 2.05) is 30.3 Å². The van der Waals surface area contributed by atoms with Gasteiger partial charge in [-0.05, 0) is 67.8 Å². The van der Waals surface area contributed by atoms with Gasteiger partial charge in [0.05, 0.1) is 0 Å². The number of hydrogen-bond acceptors (Lipinski definition) is 4. The molecule has 3 aromatic carbocycles. The number of rotatable bonds is 7. The van der Waals surface area contributed by atoms with Crippen LogP contribution in [-0.2, 0) is 10.0 Å². The van der Waals surface area contributed by atoms with Crippen LogP contribution in [0.1, 0.15) is 48.1 Å². The van der Waals surface area contributed by atoms with Crippen LogP contribution in [0, 0.1) is 5.82 Å². The van der Waals surface area contributed by atoms with Crippen molar-refractivity contribution in [1.29, 1.82) is 0 Å². The van der Waals surface area contributed by atoms with Crippen LogP contribution < -0.4 is 10.6 Å². The smallest absolute Gasteiger partial charge is 0.255 e. The fourth-order valence-electron chi connectivity index (χ4n) is 4.01. The average molecular weight is 482 g/mol. The third-order valence-corrected chi connectivity index (χ3v) is 7.87. The Morgan fingerprint density at radius 3 is 2.24 bits per heavy atom. The van der Waals surface area contributed by atoms with Crippen molar-refractivity contribution in [2.75, 3.05) is 23.7 Å². The van der Waals surface area contributed by atoms with Crippen LogP contribution in [0.15, 0.2) is 77.7 Å². The zero-order valence-electron chi connectivity index (χ0n) is 19.0. The Morgan fingerprint density at radius 1 is 0.912 bits per heavy atom. The molecule has 1 fully saturated rings. The molecule has 1 aliphatic heterocycles. The summed E-state index contributed by atoms with van der Waals surface area (Å²) in [5.41, 5.74) is 2.68. The lowest BCUT2D eigenvalue weighted by Gasteiger charge is -2.26. The summed E-state index contributed by atoms with van der Waals surface area (Å²) >= 11 is 0. The van der Waals surface area contributed by atoms with Gasteiger partial charge >= 0.3 is 0 Å². The first-order chi connectivity index (χ1) is 16.3. The van der Waals surface area contributed by atoms with Gasteiger partial charge in [0, 0.05) is 36.1 Å². The number of halogens is 1. The third-order valence-electron chi connectivity index (χ3n) is 5.95. The van der Waals surface area contributed by atoms with Gasteiger partial charge in [-0.15, -0.1) is 0 Å². The molecule has 178 valence electrons. The van der Waals surface area contributed by atoms with Gasteiger partial charge in [0.2, 0.25) is 10.0 Å². The molecule has 1 amide bonds. The molecule has 34 heavy (non-hydrogen) atoms. The Kier molecular flexibility index (Phi) is 7.29. The maximum atomic E-state index is 14.4. The first-order valence-corrected chi connectivity index (χ1v) is 12.8. The number of carbonyl (C=O) groups excluding carboxylic acids is 1. The molecule has 4 rings (SSSR count). The van der Waals surface area contributed by atoms with Crippen LogP contribution in [0.3, 0.4) is 0 Å². The van der Waals surface area contributed by atoms with E-state index in [1.165, 1.54) is 10.4 Å². The van der Waals surface area contributed by atoms with E-state index in [1.54, 1.807) is 12.1 Å². The standard InChI is InChI=1S/C26H28FN3O3S/c1-19(20-8-4-2-5-9-20)28-22-11-13-23(14-12-22)29-26(31)21-10-15-24(27)25(18-21)34(32,33)30-16-6-3-7-17-30/h2,4-5,8-15,18-19,28H,3,6-7,16-17H2,1H3,(H,29,31). The molecule has 0 aliphatic carbocycles. The number of amides is 1. The Morgan fingerprint density at radius 2 is 1.56 bits per heavy atom. The summed E-state index contributed by atoms with van der Waals surface area (Å²) in [4.78, 5) is 12.3. The molecule has 0 saturated carbocycles. The predicted molar refractivity (Wildman–Crippen MR) is 132 cm³/mol. The number of nitrogens with one attached hydrogen (secondary N) is 2. The van der Waals surface area contributed by atoms with Crippen molar-refractivity contribution in [2.24, 2.45) is 0 Å². The van der Waals surface area contributed by atoms with E-state index < -0.39 is 26.6 Å². The van der Waals surface area contributed by atoms with Crippen LogP contribution >= 0.6 is 0 Å². The van der Waals surface area contributed by atoms with Crippen LogP contribution in [-0.4, -0.2) is 31.7 Å². The molecule has 1 unspecified atom stereocenters. The number of hydrogen-bond donors (Lipinski definition) is 2. The monoisotopic (exact) mass is 481 g/mol. The second kappa shape index (κ2) is 10.4. The molecular weight excluding hydrogens is 453 g/mol. The highest BCUT2D eigenvalue weighted by Crippen LogP contribution is 2.25. The minimum absolute atomic E-state index is 0.0804. The minimum atomic E-state index is -3.99. The Hall–Kier alpha value is -3.23. The summed E-state index contributed by atoms with van der Waals surface area (Å²) in [5.74, 6) is -1.36. The first-order valence-electron chi connectivity index (χ1n) is 11.4. The van der Waals surface area contributed by atoms with E-state index in [4.69, 9.17) is 0 Å². The predicted octanol–water partition coefficient (Wildman–Crippen LogP) is 5.43. The van der Waals surface area contributed by atoms with Crippen molar-refractivity contribution in [3.8, 4) is 0 Å². The maximum Gasteiger partial charge on any atom is 0.255 e. The number of nitrogens with zero attached hydrogens (tertiary/aromatic N) is 1. The van der Waals surface area contributed by atoms with Gasteiger partial charge in [-0.3, -0.25) is 4.79 Å². The maximum absolute atomic E-state index is 14.4. The molecule has 1 atom stereocenters. The summed E-state index contributed by atoms with van der Waals surface area (Å²) in [6.45, 7) is 2.79. The molecule has 0 radical (unpaired) electrons. The van der Waals surface area contributed by atoms with Gasteiger partial charge < -0.3 is 10.6 Å². The Labute approximate surface area is 199 Å². The number of benzene rings is 3. The molecule has 0 spiro atoms. The van der Waals surface area contributed by atoms with E-state index in [9.17, 15) is 17.6 Å². The Balaban J connectivity index is 1.45. The van der Waals surface area contributed by atoms with Crippen molar-refractivity contribution < 1.29 is 17.6 Å². The van der Waals surface area contributed by atoms with E-state index >= 15 is 0 Å². The van der Waals surface area contributed by atoms with Crippen molar-refractivity contribution in [3.63, 3.8) is 0 Å². The van der Waals surface area contributed by atoms with Gasteiger partial charge in [-0.25, -0.2) is 12.8 Å². The fourth-order valence-corrected chi connectivity index (χ4v) is 5.62. The SMILES string of the molecule is CC(Nc1ccc(NC(=O)c2ccc(F)c(S(=O)(=O)N3CCCCC3)c2)cc1)c1ccccc1. The molecule has 1 aliphatic rings. The highest BCUT2D eigenvalue weighted by Gasteiger charge is 2.29. The molecule has 1 saturated heterocycles. The molecular formula is C26H28FN3O3S. The van der Waals surface area contributed by atoms with Gasteiger partial charge in [0.15, 0.2) is 0 Å². The Bertz CT molecular complexity index is 1240. The van der Waals surface area contributed by atoms with Gasteiger partial charge in [0.1, 0.15) is 10.7 Å². The summed E-state index contributed by atoms with van der Waals surface area (Å²) in [6, 6.07) is 20.8. The van der Waals surface area contributed by atoms with E-state index in [-0.39, 0.29) is 11.6 Å². The second-order valence-corrected chi connectivity index (χ2v) is 10.3. The highest BCUT2D eigenvalue weighted by atomic mass is 32.2. The summed E-state index contributed by atoms with van der Waals surface area (Å²) in [5, 5.41) is 6.16. The average Bonchev–Trinajstić information content (AvgIpc) is 2.86. The topological polar surface area (TPSA) is 78.5 Å². The van der Waals surface area contributed by atoms with E-state index in [2.05, 4.69) is 29.7 Å². The first kappa shape index (κ1) is 23.9. The zero-order valence-corrected chi connectivity index (χ0v) is 19.8. The van der Waals surface area contributed by atoms with Crippen LogP contribution in [0.4, 0.5) is 15.8 Å². The quantitative estimate of drug-likeness (QED) is 0.472. The van der Waals surface area contributed by atoms with Gasteiger partial charge in [-0.1, -0.05) is 36.8 Å². The summed E-state index contributed by atoms with van der Waals surface area (Å²) < 4.78 is 41.6. The number of carbonyl (C=O) groups is 1. The van der Waals surface area contributed by atoms with Gasteiger partial charge in [0.25, 0.3) is 5.91 Å². The summed E-state index contributed by atoms with van der Waals surface area (Å²) in [6.07, 6.45) is 2.45. The van der Waals surface area contributed by atoms with Crippen molar-refractivity contribution >= 4 is 27.3 Å². The normalized spacial score (nSPS) is 15.5. The zero-order chi connectivity index (χ0) is 24.1. The van der Waals surface area contributed by atoms with Crippen molar-refractivity contribution in [3.05, 3.63) is 89.7 Å². The molecule has 6 nitrogen and oxygen atoms in total. The molecule has 0 bridgehead atoms. The van der Waals surface area contributed by atoms with E-state index in [0.717, 1.165) is 42.6 Å². The number of piperidine rings is 1. The summed E-state index contributed by atoms with van der Waals surface area (Å²) in [7, 11) is -3.99. The number of sulfonamides is 1. The van der Waals surface area contributed by atoms with Crippen LogP contribution in [0.25, 0.3) is 0 Å². The largest absolute Gasteiger partial charge is 0.379 e. The van der Waals surface area contributed by atoms with Crippen LogP contribution in [0.5, 0.6) is 0 Å². The molecule has 2 N–H and O–H groups in total. The van der Waals surface area contributed by atoms with E-state index in [0.29, 0.717) is 18.8 Å². The van der Waals surface area contributed by atoms with Crippen molar-refractivity contribution in [2.45, 2.75) is 37.1 Å². The lowest BCUT2D eigenvalue weighted by Crippen LogP contribution is -2.36. The fraction of sp³-hybridized carbons (Fsp3) is 0.269. The van der Waals surface area contributed by atoms with Crippen molar-refractivity contribution in [1.82, 2.24) is 4.31 Å². The molecule has 3 aromatic rings. The lowest BCUT2D eigenvalue weighted by molar-refractivity contribution is 0.102. The highest BCUT2D eigenvalue weighted by molar-refractivity contribution is 7.89.